The molecule has 0 bridgehead atoms. The quantitative estimate of drug-likeness (QED) is 0.609. The summed E-state index contributed by atoms with van der Waals surface area (Å²) in [6.07, 6.45) is 0. The highest BCUT2D eigenvalue weighted by Gasteiger charge is 2.06. The normalized spacial score (nSPS) is 10.1. The molecule has 1 nitrogen and oxygen atoms in total. The lowest BCUT2D eigenvalue weighted by molar-refractivity contribution is -0.00000346. The zero-order valence-electron chi connectivity index (χ0n) is 10.2. The fourth-order valence-corrected chi connectivity index (χ4v) is 2.98. The number of nitrogens with zero attached hydrogens (tertiary/aromatic N) is 1. The van der Waals surface area contributed by atoms with E-state index in [1.807, 2.05) is 36.4 Å². The molecule has 0 unspecified atom stereocenters. The molecule has 0 aliphatic heterocycles. The Bertz CT molecular complexity index is 633. The monoisotopic (exact) mass is 428 g/mol. The van der Waals surface area contributed by atoms with Crippen LogP contribution in [0.1, 0.15) is 0 Å². The van der Waals surface area contributed by atoms with Crippen molar-refractivity contribution >= 4 is 38.9 Å². The third-order valence-electron chi connectivity index (χ3n) is 2.74. The molecule has 3 aromatic rings. The molecule has 0 spiro atoms. The molecule has 0 N–H and O–H groups in total. The van der Waals surface area contributed by atoms with Gasteiger partial charge >= 0.3 is 0 Å². The Morgan fingerprint density at radius 3 is 2.15 bits per heavy atom. The highest BCUT2D eigenvalue weighted by molar-refractivity contribution is 9.10. The van der Waals surface area contributed by atoms with Crippen molar-refractivity contribution in [2.75, 3.05) is 0 Å². The molecule has 20 heavy (non-hydrogen) atoms. The van der Waals surface area contributed by atoms with Crippen LogP contribution in [0, 0.1) is 0 Å². The van der Waals surface area contributed by atoms with Gasteiger partial charge in [-0.2, -0.15) is 0 Å². The van der Waals surface area contributed by atoms with E-state index < -0.39 is 0 Å². The van der Waals surface area contributed by atoms with Crippen molar-refractivity contribution < 1.29 is 17.0 Å². The Hall–Kier alpha value is -0.680. The zero-order valence-corrected chi connectivity index (χ0v) is 14.9. The molecule has 0 radical (unpaired) electrons. The summed E-state index contributed by atoms with van der Waals surface area (Å²) in [4.78, 5) is 4.67. The molecule has 0 saturated carbocycles. The molecule has 2 aromatic carbocycles. The average Bonchev–Trinajstić information content (AvgIpc) is 2.90. The maximum atomic E-state index is 5.89. The lowest BCUT2D eigenvalue weighted by Gasteiger charge is -1.97. The predicted molar refractivity (Wildman–Crippen MR) is 85.7 cm³/mol. The van der Waals surface area contributed by atoms with E-state index in [9.17, 15) is 0 Å². The van der Waals surface area contributed by atoms with Crippen LogP contribution in [0.15, 0.2) is 58.4 Å². The second kappa shape index (κ2) is 6.85. The van der Waals surface area contributed by atoms with Crippen molar-refractivity contribution in [3.8, 4) is 21.8 Å². The van der Waals surface area contributed by atoms with E-state index in [0.717, 1.165) is 31.3 Å². The Kier molecular flexibility index (Phi) is 5.38. The van der Waals surface area contributed by atoms with Gasteiger partial charge in [0.2, 0.25) is 0 Å². The largest absolute Gasteiger partial charge is 1.00 e. The molecule has 0 aliphatic rings. The van der Waals surface area contributed by atoms with E-state index in [2.05, 4.69) is 38.4 Å². The maximum absolute atomic E-state index is 5.89. The van der Waals surface area contributed by atoms with Gasteiger partial charge in [-0.3, -0.25) is 0 Å². The lowest BCUT2D eigenvalue weighted by Crippen LogP contribution is -3.00. The van der Waals surface area contributed by atoms with Gasteiger partial charge in [-0.25, -0.2) is 4.98 Å². The predicted octanol–water partition coefficient (Wildman–Crippen LogP) is 2.90. The van der Waals surface area contributed by atoms with Crippen LogP contribution in [0.5, 0.6) is 0 Å². The number of benzene rings is 2. The third-order valence-corrected chi connectivity index (χ3v) is 4.41. The maximum Gasteiger partial charge on any atom is 0.124 e. The van der Waals surface area contributed by atoms with Crippen LogP contribution in [0.3, 0.4) is 0 Å². The fraction of sp³-hybridized carbons (Fsp3) is 0. The molecule has 0 atom stereocenters. The number of aromatic nitrogens is 1. The second-order valence-electron chi connectivity index (χ2n) is 4.05. The van der Waals surface area contributed by atoms with Gasteiger partial charge in [0.05, 0.1) is 5.69 Å². The molecular weight excluding hydrogens is 422 g/mol. The van der Waals surface area contributed by atoms with E-state index >= 15 is 0 Å². The van der Waals surface area contributed by atoms with Crippen molar-refractivity contribution in [1.82, 2.24) is 4.98 Å². The second-order valence-corrected chi connectivity index (χ2v) is 6.26. The molecule has 1 heterocycles. The summed E-state index contributed by atoms with van der Waals surface area (Å²) >= 11 is 11.0. The number of rotatable bonds is 2. The molecule has 0 saturated heterocycles. The van der Waals surface area contributed by atoms with Gasteiger partial charge in [0, 0.05) is 26.0 Å². The van der Waals surface area contributed by atoms with Crippen LogP contribution in [-0.2, 0) is 0 Å². The minimum absolute atomic E-state index is 0. The van der Waals surface area contributed by atoms with Crippen molar-refractivity contribution in [1.29, 1.82) is 0 Å². The Balaban J connectivity index is 0.00000147. The Morgan fingerprint density at radius 2 is 1.50 bits per heavy atom. The van der Waals surface area contributed by atoms with Crippen LogP contribution < -0.4 is 17.0 Å². The van der Waals surface area contributed by atoms with Crippen molar-refractivity contribution in [3.05, 3.63) is 63.4 Å². The third kappa shape index (κ3) is 3.50. The molecule has 102 valence electrons. The summed E-state index contributed by atoms with van der Waals surface area (Å²) in [5.41, 5.74) is 3.22. The number of halogens is 3. The van der Waals surface area contributed by atoms with Crippen LogP contribution in [0.2, 0.25) is 5.02 Å². The first-order valence-corrected chi connectivity index (χ1v) is 7.75. The SMILES string of the molecule is Clc1ccc(-c2nc(-c3ccc(Br)cc3)cs2)cc1.[Br-]. The minimum Gasteiger partial charge on any atom is -1.00 e. The molecule has 5 heteroatoms. The highest BCUT2D eigenvalue weighted by Crippen LogP contribution is 2.30. The van der Waals surface area contributed by atoms with Gasteiger partial charge in [-0.05, 0) is 24.3 Å². The summed E-state index contributed by atoms with van der Waals surface area (Å²) in [6, 6.07) is 15.9. The molecule has 0 fully saturated rings. The Morgan fingerprint density at radius 1 is 0.900 bits per heavy atom. The van der Waals surface area contributed by atoms with Gasteiger partial charge in [0.1, 0.15) is 5.01 Å². The molecule has 1 aromatic heterocycles. The zero-order chi connectivity index (χ0) is 13.2. The van der Waals surface area contributed by atoms with Crippen LogP contribution in [0.25, 0.3) is 21.8 Å². The summed E-state index contributed by atoms with van der Waals surface area (Å²) in [6.45, 7) is 0. The van der Waals surface area contributed by atoms with Gasteiger partial charge < -0.3 is 17.0 Å². The van der Waals surface area contributed by atoms with E-state index in [0.29, 0.717) is 0 Å². The first kappa shape index (κ1) is 15.7. The molecule has 3 rings (SSSR count). The summed E-state index contributed by atoms with van der Waals surface area (Å²) < 4.78 is 1.07. The van der Waals surface area contributed by atoms with Crippen LogP contribution in [-0.4, -0.2) is 4.98 Å². The van der Waals surface area contributed by atoms with Crippen LogP contribution in [0.4, 0.5) is 0 Å². The molecule has 0 amide bonds. The van der Waals surface area contributed by atoms with E-state index in [1.165, 1.54) is 0 Å². The summed E-state index contributed by atoms with van der Waals surface area (Å²) in [5.74, 6) is 0. The Labute approximate surface area is 145 Å². The summed E-state index contributed by atoms with van der Waals surface area (Å²) in [7, 11) is 0. The summed E-state index contributed by atoms with van der Waals surface area (Å²) in [5, 5.41) is 3.83. The van der Waals surface area contributed by atoms with E-state index in [-0.39, 0.29) is 17.0 Å². The van der Waals surface area contributed by atoms with E-state index in [4.69, 9.17) is 11.6 Å². The van der Waals surface area contributed by atoms with Gasteiger partial charge in [0.25, 0.3) is 0 Å². The first-order valence-electron chi connectivity index (χ1n) is 5.70. The van der Waals surface area contributed by atoms with Crippen molar-refractivity contribution in [2.24, 2.45) is 0 Å². The number of hydrogen-bond acceptors (Lipinski definition) is 2. The molecule has 0 aliphatic carbocycles. The standard InChI is InChI=1S/C15H9BrClNS.BrH/c16-12-5-1-10(2-6-12)14-9-19-15(18-14)11-3-7-13(17)8-4-11;/h1-9H;1H/p-1. The first-order chi connectivity index (χ1) is 9.22. The van der Waals surface area contributed by atoms with Gasteiger partial charge in [-0.15, -0.1) is 11.3 Å². The highest BCUT2D eigenvalue weighted by atomic mass is 79.9. The lowest BCUT2D eigenvalue weighted by atomic mass is 10.2. The minimum atomic E-state index is 0. The van der Waals surface area contributed by atoms with Crippen LogP contribution >= 0.6 is 38.9 Å². The topological polar surface area (TPSA) is 12.9 Å². The average molecular weight is 431 g/mol. The van der Waals surface area contributed by atoms with Crippen molar-refractivity contribution in [3.63, 3.8) is 0 Å². The number of thiazole rings is 1. The van der Waals surface area contributed by atoms with E-state index in [1.54, 1.807) is 11.3 Å². The number of hydrogen-bond donors (Lipinski definition) is 0. The fourth-order valence-electron chi connectivity index (χ4n) is 1.75. The van der Waals surface area contributed by atoms with Gasteiger partial charge in [-0.1, -0.05) is 51.8 Å². The molecular formula is C15H9Br2ClNS-. The van der Waals surface area contributed by atoms with Crippen molar-refractivity contribution in [2.45, 2.75) is 0 Å². The smallest absolute Gasteiger partial charge is 0.124 e. The van der Waals surface area contributed by atoms with Gasteiger partial charge in [0.15, 0.2) is 0 Å².